The molecule has 2 nitrogen and oxygen atoms in total. The van der Waals surface area contributed by atoms with Crippen LogP contribution >= 0.6 is 0 Å². The second-order valence-corrected chi connectivity index (χ2v) is 3.44. The first-order chi connectivity index (χ1) is 5.24. The molecule has 1 fully saturated rings. The summed E-state index contributed by atoms with van der Waals surface area (Å²) in [4.78, 5) is 2.24. The zero-order chi connectivity index (χ0) is 8.27. The molecule has 0 aromatic rings. The molecule has 0 aromatic carbocycles. The van der Waals surface area contributed by atoms with Gasteiger partial charge in [0, 0.05) is 25.7 Å². The van der Waals surface area contributed by atoms with Gasteiger partial charge in [-0.3, -0.25) is 4.39 Å². The average molecular weight is 160 g/mol. The molecule has 0 aromatic heterocycles. The van der Waals surface area contributed by atoms with Crippen LogP contribution < -0.4 is 5.73 Å². The Labute approximate surface area is 67.6 Å². The van der Waals surface area contributed by atoms with Crippen molar-refractivity contribution in [3.05, 3.63) is 0 Å². The van der Waals surface area contributed by atoms with E-state index in [0.29, 0.717) is 18.4 Å². The Bertz CT molecular complexity index is 109. The molecule has 2 N–H and O–H groups in total. The van der Waals surface area contributed by atoms with Crippen molar-refractivity contribution < 1.29 is 4.39 Å². The van der Waals surface area contributed by atoms with Crippen molar-refractivity contribution in [2.75, 3.05) is 26.3 Å². The van der Waals surface area contributed by atoms with Gasteiger partial charge in [-0.25, -0.2) is 0 Å². The molecular formula is C8H17FN2. The molecule has 0 saturated carbocycles. The van der Waals surface area contributed by atoms with Gasteiger partial charge < -0.3 is 10.6 Å². The molecule has 0 aliphatic carbocycles. The summed E-state index contributed by atoms with van der Waals surface area (Å²) in [6.07, 6.45) is 0.652. The molecule has 2 unspecified atom stereocenters. The number of alkyl halides is 1. The lowest BCUT2D eigenvalue weighted by Gasteiger charge is -2.12. The molecule has 1 aliphatic heterocycles. The van der Waals surface area contributed by atoms with Crippen molar-refractivity contribution in [2.24, 2.45) is 11.7 Å². The Morgan fingerprint density at radius 3 is 2.73 bits per heavy atom. The third kappa shape index (κ3) is 2.42. The number of likely N-dealkylation sites (tertiary alicyclic amines) is 1. The van der Waals surface area contributed by atoms with E-state index in [1.807, 2.05) is 0 Å². The first-order valence-corrected chi connectivity index (χ1v) is 4.28. The third-order valence-corrected chi connectivity index (χ3v) is 2.35. The van der Waals surface area contributed by atoms with Gasteiger partial charge in [0.2, 0.25) is 0 Å². The highest BCUT2D eigenvalue weighted by atomic mass is 19.1. The molecule has 1 heterocycles. The minimum absolute atomic E-state index is 0.208. The van der Waals surface area contributed by atoms with Gasteiger partial charge in [-0.1, -0.05) is 6.92 Å². The maximum absolute atomic E-state index is 11.8. The van der Waals surface area contributed by atoms with Crippen LogP contribution in [0.2, 0.25) is 0 Å². The molecule has 1 rings (SSSR count). The second kappa shape index (κ2) is 4.02. The maximum Gasteiger partial charge on any atom is 0.0906 e. The standard InChI is InChI=1S/C8H17FN2/c1-7-5-11(4-2-3-9)6-8(7)10/h7-8H,2-6,10H2,1H3. The lowest BCUT2D eigenvalue weighted by molar-refractivity contribution is 0.303. The van der Waals surface area contributed by atoms with Gasteiger partial charge in [0.05, 0.1) is 6.67 Å². The summed E-state index contributed by atoms with van der Waals surface area (Å²) in [7, 11) is 0. The molecular weight excluding hydrogens is 143 g/mol. The van der Waals surface area contributed by atoms with Crippen LogP contribution in [0.4, 0.5) is 4.39 Å². The van der Waals surface area contributed by atoms with Crippen LogP contribution in [0.25, 0.3) is 0 Å². The van der Waals surface area contributed by atoms with Crippen molar-refractivity contribution in [3.63, 3.8) is 0 Å². The third-order valence-electron chi connectivity index (χ3n) is 2.35. The van der Waals surface area contributed by atoms with E-state index in [2.05, 4.69) is 11.8 Å². The van der Waals surface area contributed by atoms with Crippen molar-refractivity contribution in [1.82, 2.24) is 4.90 Å². The van der Waals surface area contributed by atoms with Crippen molar-refractivity contribution >= 4 is 0 Å². The largest absolute Gasteiger partial charge is 0.326 e. The minimum atomic E-state index is -0.208. The monoisotopic (exact) mass is 160 g/mol. The van der Waals surface area contributed by atoms with Gasteiger partial charge in [-0.15, -0.1) is 0 Å². The molecule has 0 bridgehead atoms. The molecule has 2 atom stereocenters. The van der Waals surface area contributed by atoms with E-state index in [-0.39, 0.29) is 6.67 Å². The normalized spacial score (nSPS) is 33.0. The SMILES string of the molecule is CC1CN(CCCF)CC1N. The molecule has 1 aliphatic rings. The van der Waals surface area contributed by atoms with Crippen molar-refractivity contribution in [2.45, 2.75) is 19.4 Å². The zero-order valence-corrected chi connectivity index (χ0v) is 7.09. The topological polar surface area (TPSA) is 29.3 Å². The van der Waals surface area contributed by atoms with Crippen molar-refractivity contribution in [1.29, 1.82) is 0 Å². The van der Waals surface area contributed by atoms with Gasteiger partial charge in [-0.05, 0) is 12.3 Å². The molecule has 66 valence electrons. The van der Waals surface area contributed by atoms with Gasteiger partial charge in [0.15, 0.2) is 0 Å². The van der Waals surface area contributed by atoms with E-state index in [9.17, 15) is 4.39 Å². The number of nitrogens with zero attached hydrogens (tertiary/aromatic N) is 1. The predicted molar refractivity (Wildman–Crippen MR) is 44.2 cm³/mol. The molecule has 0 radical (unpaired) electrons. The molecule has 1 saturated heterocycles. The highest BCUT2D eigenvalue weighted by molar-refractivity contribution is 4.83. The highest BCUT2D eigenvalue weighted by Gasteiger charge is 2.25. The molecule has 0 amide bonds. The fourth-order valence-corrected chi connectivity index (χ4v) is 1.56. The predicted octanol–water partition coefficient (Wildman–Crippen LogP) is 0.625. The highest BCUT2D eigenvalue weighted by Crippen LogP contribution is 2.13. The van der Waals surface area contributed by atoms with Gasteiger partial charge in [0.1, 0.15) is 0 Å². The van der Waals surface area contributed by atoms with Crippen LogP contribution in [0.3, 0.4) is 0 Å². The summed E-state index contributed by atoms with van der Waals surface area (Å²) < 4.78 is 11.8. The second-order valence-electron chi connectivity index (χ2n) is 3.44. The van der Waals surface area contributed by atoms with E-state index in [4.69, 9.17) is 5.73 Å². The number of nitrogens with two attached hydrogens (primary N) is 1. The van der Waals surface area contributed by atoms with Crippen LogP contribution in [-0.4, -0.2) is 37.3 Å². The first kappa shape index (κ1) is 8.94. The Balaban J connectivity index is 2.18. The van der Waals surface area contributed by atoms with Gasteiger partial charge in [-0.2, -0.15) is 0 Å². The lowest BCUT2D eigenvalue weighted by atomic mass is 10.1. The quantitative estimate of drug-likeness (QED) is 0.656. The molecule has 0 spiro atoms. The number of hydrogen-bond donors (Lipinski definition) is 1. The molecule has 3 heteroatoms. The summed E-state index contributed by atoms with van der Waals surface area (Å²) in [5.41, 5.74) is 5.80. The molecule has 11 heavy (non-hydrogen) atoms. The fourth-order valence-electron chi connectivity index (χ4n) is 1.56. The van der Waals surface area contributed by atoms with Gasteiger partial charge >= 0.3 is 0 Å². The van der Waals surface area contributed by atoms with Gasteiger partial charge in [0.25, 0.3) is 0 Å². The lowest BCUT2D eigenvalue weighted by Crippen LogP contribution is -2.29. The average Bonchev–Trinajstić information content (AvgIpc) is 2.28. The summed E-state index contributed by atoms with van der Waals surface area (Å²) in [6.45, 7) is 4.80. The first-order valence-electron chi connectivity index (χ1n) is 4.28. The van der Waals surface area contributed by atoms with Crippen molar-refractivity contribution in [3.8, 4) is 0 Å². The van der Waals surface area contributed by atoms with E-state index >= 15 is 0 Å². The van der Waals surface area contributed by atoms with Crippen LogP contribution in [0.15, 0.2) is 0 Å². The van der Waals surface area contributed by atoms with Crippen LogP contribution in [-0.2, 0) is 0 Å². The smallest absolute Gasteiger partial charge is 0.0906 e. The van der Waals surface area contributed by atoms with Crippen LogP contribution in [0, 0.1) is 5.92 Å². The van der Waals surface area contributed by atoms with Crippen LogP contribution in [0.1, 0.15) is 13.3 Å². The Morgan fingerprint density at radius 2 is 2.27 bits per heavy atom. The Kier molecular flexibility index (Phi) is 3.27. The van der Waals surface area contributed by atoms with Crippen LogP contribution in [0.5, 0.6) is 0 Å². The number of halogens is 1. The van der Waals surface area contributed by atoms with E-state index < -0.39 is 0 Å². The summed E-state index contributed by atoms with van der Waals surface area (Å²) in [6, 6.07) is 0.301. The van der Waals surface area contributed by atoms with E-state index in [0.717, 1.165) is 19.6 Å². The number of hydrogen-bond acceptors (Lipinski definition) is 2. The minimum Gasteiger partial charge on any atom is -0.326 e. The Hall–Kier alpha value is -0.150. The maximum atomic E-state index is 11.8. The van der Waals surface area contributed by atoms with E-state index in [1.54, 1.807) is 0 Å². The van der Waals surface area contributed by atoms with E-state index in [1.165, 1.54) is 0 Å². The summed E-state index contributed by atoms with van der Waals surface area (Å²) >= 11 is 0. The summed E-state index contributed by atoms with van der Waals surface area (Å²) in [5.74, 6) is 0.578. The number of rotatable bonds is 3. The Morgan fingerprint density at radius 1 is 1.55 bits per heavy atom. The zero-order valence-electron chi connectivity index (χ0n) is 7.09. The summed E-state index contributed by atoms with van der Waals surface area (Å²) in [5, 5.41) is 0. The fraction of sp³-hybridized carbons (Fsp3) is 1.00.